The molecule has 0 saturated carbocycles. The molecule has 0 aromatic rings. The molecular formula is C10H18N2O2. The minimum atomic E-state index is -1.06. The molecule has 0 fully saturated rings. The van der Waals surface area contributed by atoms with E-state index >= 15 is 0 Å². The lowest BCUT2D eigenvalue weighted by atomic mass is 9.79. The van der Waals surface area contributed by atoms with Gasteiger partial charge >= 0.3 is 0 Å². The molecule has 0 saturated heterocycles. The fraction of sp³-hybridized carbons (Fsp3) is 0.600. The highest BCUT2D eigenvalue weighted by Crippen LogP contribution is 2.33. The smallest absolute Gasteiger partial charge is 0.107 e. The maximum absolute atomic E-state index is 10.1. The van der Waals surface area contributed by atoms with E-state index in [9.17, 15) is 5.11 Å². The minimum absolute atomic E-state index is 0.0188. The highest BCUT2D eigenvalue weighted by molar-refractivity contribution is 5.41. The van der Waals surface area contributed by atoms with E-state index in [4.69, 9.17) is 16.6 Å². The van der Waals surface area contributed by atoms with Crippen LogP contribution < -0.4 is 11.5 Å². The van der Waals surface area contributed by atoms with Crippen LogP contribution in [0.3, 0.4) is 0 Å². The lowest BCUT2D eigenvalue weighted by Crippen LogP contribution is -2.42. The maximum Gasteiger partial charge on any atom is 0.107 e. The topological polar surface area (TPSA) is 92.5 Å². The molecule has 0 heterocycles. The second kappa shape index (κ2) is 3.63. The van der Waals surface area contributed by atoms with Crippen molar-refractivity contribution >= 4 is 0 Å². The van der Waals surface area contributed by atoms with E-state index in [-0.39, 0.29) is 12.5 Å². The monoisotopic (exact) mass is 198 g/mol. The number of aliphatic hydroxyl groups is 2. The summed E-state index contributed by atoms with van der Waals surface area (Å²) in [7, 11) is 0. The van der Waals surface area contributed by atoms with Crippen molar-refractivity contribution in [3.8, 4) is 0 Å². The zero-order valence-corrected chi connectivity index (χ0v) is 8.62. The molecule has 6 N–H and O–H groups in total. The van der Waals surface area contributed by atoms with Gasteiger partial charge in [-0.05, 0) is 18.9 Å². The van der Waals surface area contributed by atoms with Crippen LogP contribution in [0.4, 0.5) is 0 Å². The van der Waals surface area contributed by atoms with Crippen molar-refractivity contribution in [2.24, 2.45) is 17.4 Å². The van der Waals surface area contributed by atoms with E-state index in [1.165, 1.54) is 0 Å². The van der Waals surface area contributed by atoms with Gasteiger partial charge in [0.25, 0.3) is 0 Å². The number of aliphatic hydroxyl groups excluding tert-OH is 1. The fourth-order valence-electron chi connectivity index (χ4n) is 1.63. The molecular weight excluding hydrogens is 180 g/mol. The first kappa shape index (κ1) is 11.1. The summed E-state index contributed by atoms with van der Waals surface area (Å²) in [5.74, 6) is -0.107. The predicted molar refractivity (Wildman–Crippen MR) is 55.0 cm³/mol. The van der Waals surface area contributed by atoms with Crippen molar-refractivity contribution in [2.75, 3.05) is 6.61 Å². The van der Waals surface area contributed by atoms with Crippen molar-refractivity contribution in [1.82, 2.24) is 0 Å². The third-order valence-corrected chi connectivity index (χ3v) is 2.90. The largest absolute Gasteiger partial charge is 0.399 e. The second-order valence-corrected chi connectivity index (χ2v) is 3.92. The van der Waals surface area contributed by atoms with Crippen LogP contribution >= 0.6 is 0 Å². The average Bonchev–Trinajstić information content (AvgIpc) is 2.10. The molecule has 0 amide bonds. The number of hydrogen-bond donors (Lipinski definition) is 4. The molecule has 1 rings (SSSR count). The van der Waals surface area contributed by atoms with Gasteiger partial charge in [-0.15, -0.1) is 0 Å². The summed E-state index contributed by atoms with van der Waals surface area (Å²) < 4.78 is 0. The quantitative estimate of drug-likeness (QED) is 0.495. The number of allylic oxidation sites excluding steroid dienone is 1. The molecule has 0 radical (unpaired) electrons. The zero-order valence-electron chi connectivity index (χ0n) is 8.62. The molecule has 80 valence electrons. The van der Waals surface area contributed by atoms with Gasteiger partial charge in [-0.3, -0.25) is 0 Å². The summed E-state index contributed by atoms with van der Waals surface area (Å²) in [5, 5.41) is 18.9. The third kappa shape index (κ3) is 1.63. The molecule has 0 aromatic heterocycles. The number of rotatable bonds is 2. The van der Waals surface area contributed by atoms with Crippen LogP contribution in [0.15, 0.2) is 23.0 Å². The first-order chi connectivity index (χ1) is 6.41. The Morgan fingerprint density at radius 3 is 2.57 bits per heavy atom. The van der Waals surface area contributed by atoms with Gasteiger partial charge in [-0.2, -0.15) is 0 Å². The van der Waals surface area contributed by atoms with E-state index in [1.54, 1.807) is 13.0 Å². The highest BCUT2D eigenvalue weighted by atomic mass is 16.3. The van der Waals surface area contributed by atoms with Crippen molar-refractivity contribution in [3.63, 3.8) is 0 Å². The molecule has 0 bridgehead atoms. The van der Waals surface area contributed by atoms with Crippen molar-refractivity contribution < 1.29 is 10.2 Å². The molecule has 2 atom stereocenters. The Bertz CT molecular complexity index is 292. The van der Waals surface area contributed by atoms with Crippen LogP contribution in [0.2, 0.25) is 0 Å². The van der Waals surface area contributed by atoms with Gasteiger partial charge in [-0.1, -0.05) is 13.0 Å². The Morgan fingerprint density at radius 2 is 2.07 bits per heavy atom. The summed E-state index contributed by atoms with van der Waals surface area (Å²) in [4.78, 5) is 0. The van der Waals surface area contributed by atoms with Gasteiger partial charge in [0.15, 0.2) is 0 Å². The summed E-state index contributed by atoms with van der Waals surface area (Å²) in [6.07, 6.45) is 2.17. The van der Waals surface area contributed by atoms with Gasteiger partial charge in [0.05, 0.1) is 0 Å². The van der Waals surface area contributed by atoms with Crippen LogP contribution in [-0.4, -0.2) is 22.4 Å². The van der Waals surface area contributed by atoms with E-state index in [2.05, 4.69) is 0 Å². The number of nitrogens with two attached hydrogens (primary N) is 2. The summed E-state index contributed by atoms with van der Waals surface area (Å²) in [6.45, 7) is 3.50. The highest BCUT2D eigenvalue weighted by Gasteiger charge is 2.35. The molecule has 2 unspecified atom stereocenters. The summed E-state index contributed by atoms with van der Waals surface area (Å²) in [5.41, 5.74) is 12.1. The molecule has 0 aromatic carbocycles. The summed E-state index contributed by atoms with van der Waals surface area (Å²) >= 11 is 0. The van der Waals surface area contributed by atoms with Crippen LogP contribution in [0, 0.1) is 5.92 Å². The van der Waals surface area contributed by atoms with Crippen LogP contribution in [0.1, 0.15) is 20.3 Å². The predicted octanol–water partition coefficient (Wildman–Crippen LogP) is -0.175. The van der Waals surface area contributed by atoms with Crippen LogP contribution in [-0.2, 0) is 0 Å². The minimum Gasteiger partial charge on any atom is -0.399 e. The van der Waals surface area contributed by atoms with Gasteiger partial charge < -0.3 is 21.7 Å². The van der Waals surface area contributed by atoms with Gasteiger partial charge in [0, 0.05) is 23.9 Å². The molecule has 0 aliphatic heterocycles. The van der Waals surface area contributed by atoms with E-state index in [1.807, 2.05) is 6.92 Å². The fourth-order valence-corrected chi connectivity index (χ4v) is 1.63. The van der Waals surface area contributed by atoms with Crippen LogP contribution in [0.25, 0.3) is 0 Å². The van der Waals surface area contributed by atoms with Gasteiger partial charge in [-0.25, -0.2) is 0 Å². The number of hydrogen-bond acceptors (Lipinski definition) is 4. The third-order valence-electron chi connectivity index (χ3n) is 2.90. The molecule has 14 heavy (non-hydrogen) atoms. The molecule has 1 aliphatic rings. The zero-order chi connectivity index (χ0) is 10.9. The molecule has 1 aliphatic carbocycles. The molecule has 0 spiro atoms. The second-order valence-electron chi connectivity index (χ2n) is 3.92. The van der Waals surface area contributed by atoms with Crippen molar-refractivity contribution in [1.29, 1.82) is 0 Å². The first-order valence-electron chi connectivity index (χ1n) is 4.71. The normalized spacial score (nSPS) is 33.1. The van der Waals surface area contributed by atoms with Crippen molar-refractivity contribution in [3.05, 3.63) is 23.0 Å². The average molecular weight is 198 g/mol. The maximum atomic E-state index is 10.1. The Labute approximate surface area is 83.9 Å². The SMILES string of the molecule is CC1C=C(N)C(CCO)=C(N)C1(C)O. The first-order valence-corrected chi connectivity index (χ1v) is 4.71. The Balaban J connectivity index is 3.11. The molecule has 4 heteroatoms. The van der Waals surface area contributed by atoms with Gasteiger partial charge in [0.2, 0.25) is 0 Å². The van der Waals surface area contributed by atoms with E-state index in [0.717, 1.165) is 0 Å². The van der Waals surface area contributed by atoms with Crippen LogP contribution in [0.5, 0.6) is 0 Å². The lowest BCUT2D eigenvalue weighted by molar-refractivity contribution is 0.0563. The Morgan fingerprint density at radius 1 is 1.50 bits per heavy atom. The standard InChI is InChI=1S/C10H18N2O2/c1-6-5-8(11)7(3-4-13)9(12)10(6,2)14/h5-6,13-14H,3-4,11-12H2,1-2H3. The lowest BCUT2D eigenvalue weighted by Gasteiger charge is -2.35. The Hall–Kier alpha value is -1.00. The van der Waals surface area contributed by atoms with E-state index in [0.29, 0.717) is 23.4 Å². The Kier molecular flexibility index (Phi) is 2.87. The molecule has 4 nitrogen and oxygen atoms in total. The summed E-state index contributed by atoms with van der Waals surface area (Å²) in [6, 6.07) is 0. The van der Waals surface area contributed by atoms with E-state index < -0.39 is 5.60 Å². The van der Waals surface area contributed by atoms with Crippen molar-refractivity contribution in [2.45, 2.75) is 25.9 Å². The van der Waals surface area contributed by atoms with Gasteiger partial charge in [0.1, 0.15) is 5.60 Å².